The Morgan fingerprint density at radius 2 is 2.33 bits per heavy atom. The molecule has 1 unspecified atom stereocenters. The predicted molar refractivity (Wildman–Crippen MR) is 67.4 cm³/mol. The number of hydrogen-bond acceptors (Lipinski definition) is 4. The molecule has 1 aromatic rings. The van der Waals surface area contributed by atoms with E-state index < -0.39 is 4.92 Å². The Kier molecular flexibility index (Phi) is 3.57. The molecule has 1 aromatic carbocycles. The molecule has 0 aromatic heterocycles. The maximum Gasteiger partial charge on any atom is 0.271 e. The molecule has 18 heavy (non-hydrogen) atoms. The summed E-state index contributed by atoms with van der Waals surface area (Å²) in [5.41, 5.74) is 0.446. The van der Waals surface area contributed by atoms with Gasteiger partial charge in [0, 0.05) is 17.8 Å². The van der Waals surface area contributed by atoms with Crippen LogP contribution in [0, 0.1) is 10.1 Å². The molecule has 1 aliphatic rings. The zero-order valence-corrected chi connectivity index (χ0v) is 10.1. The van der Waals surface area contributed by atoms with Crippen LogP contribution in [0.5, 0.6) is 0 Å². The van der Waals surface area contributed by atoms with Gasteiger partial charge >= 0.3 is 0 Å². The van der Waals surface area contributed by atoms with E-state index in [2.05, 4.69) is 5.32 Å². The first-order chi connectivity index (χ1) is 8.58. The van der Waals surface area contributed by atoms with Crippen molar-refractivity contribution in [2.75, 3.05) is 18.9 Å². The predicted octanol–water partition coefficient (Wildman–Crippen LogP) is 1.63. The normalized spacial score (nSPS) is 19.7. The summed E-state index contributed by atoms with van der Waals surface area (Å²) in [5.74, 6) is -0.101. The molecule has 1 N–H and O–H groups in total. The van der Waals surface area contributed by atoms with Gasteiger partial charge in [-0.1, -0.05) is 6.07 Å². The first-order valence-electron chi connectivity index (χ1n) is 5.83. The van der Waals surface area contributed by atoms with Gasteiger partial charge in [0.1, 0.15) is 0 Å². The Bertz CT molecular complexity index is 475. The van der Waals surface area contributed by atoms with Crippen molar-refractivity contribution in [2.45, 2.75) is 18.9 Å². The molecule has 1 amide bonds. The van der Waals surface area contributed by atoms with Crippen molar-refractivity contribution >= 4 is 17.3 Å². The van der Waals surface area contributed by atoms with Crippen LogP contribution in [0.1, 0.15) is 12.8 Å². The fraction of sp³-hybridized carbons (Fsp3) is 0.417. The third-order valence-corrected chi connectivity index (χ3v) is 3.15. The van der Waals surface area contributed by atoms with E-state index in [0.717, 1.165) is 19.4 Å². The number of anilines is 1. The number of rotatable bonds is 3. The minimum absolute atomic E-state index is 0.0208. The second kappa shape index (κ2) is 5.14. The zero-order valence-electron chi connectivity index (χ0n) is 10.1. The Balaban J connectivity index is 2.07. The van der Waals surface area contributed by atoms with Crippen LogP contribution in [-0.4, -0.2) is 35.4 Å². The molecule has 0 spiro atoms. The molecular weight excluding hydrogens is 234 g/mol. The fourth-order valence-electron chi connectivity index (χ4n) is 2.16. The maximum absolute atomic E-state index is 12.0. The maximum atomic E-state index is 12.0. The molecule has 1 aliphatic heterocycles. The van der Waals surface area contributed by atoms with Crippen LogP contribution in [0.3, 0.4) is 0 Å². The molecule has 1 fully saturated rings. The highest BCUT2D eigenvalue weighted by atomic mass is 16.6. The summed E-state index contributed by atoms with van der Waals surface area (Å²) in [6, 6.07) is 5.85. The standard InChI is InChI=1S/C12H15N3O3/c1-14-7-3-6-11(14)12(16)13-9-4-2-5-10(8-9)15(17)18/h2,4-5,8,11H,3,6-7H2,1H3,(H,13,16). The molecule has 0 aliphatic carbocycles. The van der Waals surface area contributed by atoms with Crippen molar-refractivity contribution < 1.29 is 9.72 Å². The number of likely N-dealkylation sites (tertiary alicyclic amines) is 1. The summed E-state index contributed by atoms with van der Waals surface area (Å²) in [7, 11) is 1.91. The Labute approximate surface area is 105 Å². The average molecular weight is 249 g/mol. The minimum Gasteiger partial charge on any atom is -0.324 e. The summed E-state index contributed by atoms with van der Waals surface area (Å²) >= 11 is 0. The van der Waals surface area contributed by atoms with Crippen molar-refractivity contribution in [1.82, 2.24) is 4.90 Å². The highest BCUT2D eigenvalue weighted by Crippen LogP contribution is 2.20. The van der Waals surface area contributed by atoms with E-state index in [4.69, 9.17) is 0 Å². The second-order valence-electron chi connectivity index (χ2n) is 4.44. The molecule has 6 nitrogen and oxygen atoms in total. The largest absolute Gasteiger partial charge is 0.324 e. The lowest BCUT2D eigenvalue weighted by Gasteiger charge is -2.18. The van der Waals surface area contributed by atoms with E-state index in [1.54, 1.807) is 12.1 Å². The number of nitro groups is 1. The number of benzene rings is 1. The molecule has 96 valence electrons. The van der Waals surface area contributed by atoms with Gasteiger partial charge < -0.3 is 5.32 Å². The zero-order chi connectivity index (χ0) is 13.1. The van der Waals surface area contributed by atoms with Crippen molar-refractivity contribution in [3.05, 3.63) is 34.4 Å². The SMILES string of the molecule is CN1CCCC1C(=O)Nc1cccc([N+](=O)[O-])c1. The smallest absolute Gasteiger partial charge is 0.271 e. The highest BCUT2D eigenvalue weighted by Gasteiger charge is 2.27. The van der Waals surface area contributed by atoms with Gasteiger partial charge in [0.25, 0.3) is 5.69 Å². The van der Waals surface area contributed by atoms with Gasteiger partial charge in [-0.15, -0.1) is 0 Å². The summed E-state index contributed by atoms with van der Waals surface area (Å²) in [6.45, 7) is 0.910. The van der Waals surface area contributed by atoms with Gasteiger partial charge in [-0.05, 0) is 32.5 Å². The number of non-ortho nitro benzene ring substituents is 1. The van der Waals surface area contributed by atoms with Crippen LogP contribution in [0.25, 0.3) is 0 Å². The number of amides is 1. The van der Waals surface area contributed by atoms with Crippen LogP contribution in [0.2, 0.25) is 0 Å². The number of carbonyl (C=O) groups is 1. The monoisotopic (exact) mass is 249 g/mol. The third kappa shape index (κ3) is 2.65. The van der Waals surface area contributed by atoms with Crippen LogP contribution >= 0.6 is 0 Å². The Morgan fingerprint density at radius 3 is 2.94 bits per heavy atom. The summed E-state index contributed by atoms with van der Waals surface area (Å²) < 4.78 is 0. The molecule has 2 rings (SSSR count). The molecule has 1 heterocycles. The van der Waals surface area contributed by atoms with Crippen LogP contribution in [0.15, 0.2) is 24.3 Å². The van der Waals surface area contributed by atoms with Crippen molar-refractivity contribution in [3.8, 4) is 0 Å². The summed E-state index contributed by atoms with van der Waals surface area (Å²) in [5, 5.41) is 13.4. The fourth-order valence-corrected chi connectivity index (χ4v) is 2.16. The van der Waals surface area contributed by atoms with Crippen molar-refractivity contribution in [3.63, 3.8) is 0 Å². The lowest BCUT2D eigenvalue weighted by molar-refractivity contribution is -0.384. The molecule has 1 atom stereocenters. The molecular formula is C12H15N3O3. The van der Waals surface area contributed by atoms with Gasteiger partial charge in [0.15, 0.2) is 0 Å². The van der Waals surface area contributed by atoms with E-state index >= 15 is 0 Å². The van der Waals surface area contributed by atoms with Crippen LogP contribution in [0.4, 0.5) is 11.4 Å². The second-order valence-corrected chi connectivity index (χ2v) is 4.44. The van der Waals surface area contributed by atoms with Crippen LogP contribution < -0.4 is 5.32 Å². The average Bonchev–Trinajstić information content (AvgIpc) is 2.76. The first kappa shape index (κ1) is 12.5. The first-order valence-corrected chi connectivity index (χ1v) is 5.83. The Morgan fingerprint density at radius 1 is 1.56 bits per heavy atom. The van der Waals surface area contributed by atoms with Crippen LogP contribution in [-0.2, 0) is 4.79 Å². The Hall–Kier alpha value is -1.95. The van der Waals surface area contributed by atoms with Crippen molar-refractivity contribution in [2.24, 2.45) is 0 Å². The van der Waals surface area contributed by atoms with Gasteiger partial charge in [0.05, 0.1) is 11.0 Å². The lowest BCUT2D eigenvalue weighted by atomic mass is 10.2. The third-order valence-electron chi connectivity index (χ3n) is 3.15. The quantitative estimate of drug-likeness (QED) is 0.652. The number of nitrogens with zero attached hydrogens (tertiary/aromatic N) is 2. The topological polar surface area (TPSA) is 75.5 Å². The van der Waals surface area contributed by atoms with E-state index in [1.165, 1.54) is 12.1 Å². The van der Waals surface area contributed by atoms with E-state index in [-0.39, 0.29) is 17.6 Å². The number of hydrogen-bond donors (Lipinski definition) is 1. The van der Waals surface area contributed by atoms with Gasteiger partial charge in [-0.3, -0.25) is 19.8 Å². The molecule has 0 radical (unpaired) electrons. The molecule has 0 saturated carbocycles. The highest BCUT2D eigenvalue weighted by molar-refractivity contribution is 5.95. The number of likely N-dealkylation sites (N-methyl/N-ethyl adjacent to an activating group) is 1. The molecule has 0 bridgehead atoms. The minimum atomic E-state index is -0.475. The van der Waals surface area contributed by atoms with Gasteiger partial charge in [-0.25, -0.2) is 0 Å². The van der Waals surface area contributed by atoms with Gasteiger partial charge in [-0.2, -0.15) is 0 Å². The molecule has 1 saturated heterocycles. The van der Waals surface area contributed by atoms with Crippen molar-refractivity contribution in [1.29, 1.82) is 0 Å². The number of nitro benzene ring substituents is 1. The molecule has 6 heteroatoms. The van der Waals surface area contributed by atoms with E-state index in [1.807, 2.05) is 11.9 Å². The van der Waals surface area contributed by atoms with E-state index in [0.29, 0.717) is 5.69 Å². The lowest BCUT2D eigenvalue weighted by Crippen LogP contribution is -2.37. The summed E-state index contributed by atoms with van der Waals surface area (Å²) in [4.78, 5) is 24.1. The number of nitrogens with one attached hydrogen (secondary N) is 1. The summed E-state index contributed by atoms with van der Waals surface area (Å²) in [6.07, 6.45) is 1.83. The van der Waals surface area contributed by atoms with Gasteiger partial charge in [0.2, 0.25) is 5.91 Å². The number of carbonyl (C=O) groups excluding carboxylic acids is 1. The van der Waals surface area contributed by atoms with E-state index in [9.17, 15) is 14.9 Å².